The molecule has 0 bridgehead atoms. The highest BCUT2D eigenvalue weighted by Crippen LogP contribution is 2.50. The fraction of sp³-hybridized carbons (Fsp3) is 0.704. The molecule has 1 aromatic rings. The maximum absolute atomic E-state index is 13.6. The van der Waals surface area contributed by atoms with Gasteiger partial charge in [0, 0.05) is 25.2 Å². The molecule has 4 rings (SSSR count). The Labute approximate surface area is 194 Å². The summed E-state index contributed by atoms with van der Waals surface area (Å²) in [4.78, 5) is 20.3. The standard InChI is InChI=1S/C27H40N4O/c1-5-29(4)27(23-12-7-6-8-13-23)16-14-26(15-17-27)21-30(20-25(2,3)19-28)24(32)31(26)18-22-10-9-11-22/h6-8,12-13,22H,5,9-11,14-18,20-21H2,1-4H3/t26-,27+. The largest absolute Gasteiger partial charge is 0.321 e. The number of hydrogen-bond acceptors (Lipinski definition) is 3. The van der Waals surface area contributed by atoms with Crippen LogP contribution in [0.5, 0.6) is 0 Å². The molecule has 3 fully saturated rings. The highest BCUT2D eigenvalue weighted by Gasteiger charge is 2.55. The quantitative estimate of drug-likeness (QED) is 0.588. The Balaban J connectivity index is 1.61. The topological polar surface area (TPSA) is 50.6 Å². The lowest BCUT2D eigenvalue weighted by atomic mass is 9.67. The third-order valence-electron chi connectivity index (χ3n) is 8.64. The van der Waals surface area contributed by atoms with Crippen LogP contribution in [0, 0.1) is 22.7 Å². The van der Waals surface area contributed by atoms with Crippen LogP contribution < -0.4 is 0 Å². The van der Waals surface area contributed by atoms with E-state index in [4.69, 9.17) is 0 Å². The van der Waals surface area contributed by atoms with Crippen LogP contribution in [0.2, 0.25) is 0 Å². The Morgan fingerprint density at radius 1 is 1.16 bits per heavy atom. The molecule has 0 unspecified atom stereocenters. The molecule has 2 amide bonds. The van der Waals surface area contributed by atoms with Crippen molar-refractivity contribution in [3.63, 3.8) is 0 Å². The van der Waals surface area contributed by atoms with Gasteiger partial charge < -0.3 is 9.80 Å². The second-order valence-electron chi connectivity index (χ2n) is 11.2. The lowest BCUT2D eigenvalue weighted by molar-refractivity contribution is 0.00687. The first-order chi connectivity index (χ1) is 15.3. The molecule has 32 heavy (non-hydrogen) atoms. The van der Waals surface area contributed by atoms with Crippen LogP contribution in [-0.4, -0.2) is 59.5 Å². The smallest absolute Gasteiger partial charge is 0.320 e. The number of carbonyl (C=O) groups excluding carboxylic acids is 1. The van der Waals surface area contributed by atoms with Crippen LogP contribution >= 0.6 is 0 Å². The van der Waals surface area contributed by atoms with Crippen LogP contribution in [0.1, 0.15) is 71.3 Å². The summed E-state index contributed by atoms with van der Waals surface area (Å²) in [7, 11) is 2.25. The monoisotopic (exact) mass is 436 g/mol. The third-order valence-corrected chi connectivity index (χ3v) is 8.64. The average molecular weight is 437 g/mol. The van der Waals surface area contributed by atoms with Gasteiger partial charge in [-0.05, 0) is 77.4 Å². The zero-order chi connectivity index (χ0) is 23.0. The zero-order valence-electron chi connectivity index (χ0n) is 20.4. The van der Waals surface area contributed by atoms with Gasteiger partial charge in [0.1, 0.15) is 0 Å². The van der Waals surface area contributed by atoms with Crippen molar-refractivity contribution < 1.29 is 4.79 Å². The van der Waals surface area contributed by atoms with Gasteiger partial charge in [-0.25, -0.2) is 4.79 Å². The minimum atomic E-state index is -0.520. The van der Waals surface area contributed by atoms with E-state index in [1.54, 1.807) is 0 Å². The van der Waals surface area contributed by atoms with Crippen molar-refractivity contribution >= 4 is 6.03 Å². The number of urea groups is 1. The molecular weight excluding hydrogens is 396 g/mol. The fourth-order valence-corrected chi connectivity index (χ4v) is 6.22. The lowest BCUT2D eigenvalue weighted by Gasteiger charge is -2.52. The molecule has 3 aliphatic rings. The normalized spacial score (nSPS) is 28.9. The first-order valence-electron chi connectivity index (χ1n) is 12.5. The zero-order valence-corrected chi connectivity index (χ0v) is 20.4. The van der Waals surface area contributed by atoms with E-state index in [1.165, 1.54) is 24.8 Å². The molecule has 5 nitrogen and oxygen atoms in total. The van der Waals surface area contributed by atoms with E-state index in [0.717, 1.165) is 45.3 Å². The van der Waals surface area contributed by atoms with Crippen LogP contribution in [0.25, 0.3) is 0 Å². The highest BCUT2D eigenvalue weighted by molar-refractivity contribution is 5.78. The predicted octanol–water partition coefficient (Wildman–Crippen LogP) is 5.23. The van der Waals surface area contributed by atoms with Crippen molar-refractivity contribution in [1.29, 1.82) is 5.26 Å². The summed E-state index contributed by atoms with van der Waals surface area (Å²) in [6, 6.07) is 13.5. The van der Waals surface area contributed by atoms with Gasteiger partial charge in [-0.3, -0.25) is 4.90 Å². The van der Waals surface area contributed by atoms with E-state index < -0.39 is 5.41 Å². The van der Waals surface area contributed by atoms with Gasteiger partial charge in [-0.1, -0.05) is 43.7 Å². The van der Waals surface area contributed by atoms with Crippen molar-refractivity contribution in [3.05, 3.63) is 35.9 Å². The molecule has 0 N–H and O–H groups in total. The summed E-state index contributed by atoms with van der Waals surface area (Å²) < 4.78 is 0. The second kappa shape index (κ2) is 8.71. The van der Waals surface area contributed by atoms with E-state index in [-0.39, 0.29) is 17.1 Å². The summed E-state index contributed by atoms with van der Waals surface area (Å²) in [5, 5.41) is 9.58. The molecule has 1 aromatic carbocycles. The number of nitrogens with zero attached hydrogens (tertiary/aromatic N) is 4. The molecule has 0 aromatic heterocycles. The Hall–Kier alpha value is -2.06. The summed E-state index contributed by atoms with van der Waals surface area (Å²) in [5.41, 5.74) is 0.821. The van der Waals surface area contributed by atoms with E-state index in [1.807, 2.05) is 18.7 Å². The van der Waals surface area contributed by atoms with Crippen molar-refractivity contribution in [1.82, 2.24) is 14.7 Å². The number of rotatable bonds is 7. The van der Waals surface area contributed by atoms with Gasteiger partial charge >= 0.3 is 6.03 Å². The second-order valence-corrected chi connectivity index (χ2v) is 11.2. The third kappa shape index (κ3) is 4.03. The van der Waals surface area contributed by atoms with Crippen molar-refractivity contribution in [2.45, 2.75) is 76.8 Å². The average Bonchev–Trinajstić information content (AvgIpc) is 3.01. The number of amides is 2. The highest BCUT2D eigenvalue weighted by atomic mass is 16.2. The Morgan fingerprint density at radius 2 is 1.81 bits per heavy atom. The predicted molar refractivity (Wildman–Crippen MR) is 128 cm³/mol. The number of hydrogen-bond donors (Lipinski definition) is 0. The first kappa shape index (κ1) is 23.1. The molecule has 2 saturated carbocycles. The number of benzene rings is 1. The van der Waals surface area contributed by atoms with Gasteiger partial charge in [0.25, 0.3) is 0 Å². The summed E-state index contributed by atoms with van der Waals surface area (Å²) >= 11 is 0. The maximum Gasteiger partial charge on any atom is 0.320 e. The van der Waals surface area contributed by atoms with Crippen molar-refractivity contribution in [2.24, 2.45) is 11.3 Å². The first-order valence-corrected chi connectivity index (χ1v) is 12.5. The SMILES string of the molecule is CCN(C)[C@]1(c2ccccc2)CC[C@]2(CC1)CN(CC(C)(C)C#N)C(=O)N2CC1CCC1. The van der Waals surface area contributed by atoms with Crippen LogP contribution in [0.15, 0.2) is 30.3 Å². The summed E-state index contributed by atoms with van der Waals surface area (Å²) in [5.74, 6) is 0.652. The van der Waals surface area contributed by atoms with Crippen molar-refractivity contribution in [2.75, 3.05) is 33.2 Å². The number of nitriles is 1. The maximum atomic E-state index is 13.6. The van der Waals surface area contributed by atoms with E-state index in [9.17, 15) is 10.1 Å². The van der Waals surface area contributed by atoms with E-state index in [0.29, 0.717) is 12.5 Å². The molecule has 2 aliphatic carbocycles. The van der Waals surface area contributed by atoms with Crippen LogP contribution in [0.4, 0.5) is 4.79 Å². The van der Waals surface area contributed by atoms with E-state index in [2.05, 4.69) is 60.2 Å². The molecule has 1 spiro atoms. The van der Waals surface area contributed by atoms with Gasteiger partial charge in [0.15, 0.2) is 0 Å². The van der Waals surface area contributed by atoms with E-state index >= 15 is 0 Å². The molecule has 174 valence electrons. The summed E-state index contributed by atoms with van der Waals surface area (Å²) in [6.45, 7) is 9.31. The Morgan fingerprint density at radius 3 is 2.34 bits per heavy atom. The fourth-order valence-electron chi connectivity index (χ4n) is 6.22. The minimum Gasteiger partial charge on any atom is -0.321 e. The molecule has 5 heteroatoms. The van der Waals surface area contributed by atoms with Crippen molar-refractivity contribution in [3.8, 4) is 6.07 Å². The molecular formula is C27H40N4O. The molecule has 1 heterocycles. The Bertz CT molecular complexity index is 846. The number of carbonyl (C=O) groups is 1. The van der Waals surface area contributed by atoms with Gasteiger partial charge in [0.2, 0.25) is 0 Å². The minimum absolute atomic E-state index is 0.0335. The van der Waals surface area contributed by atoms with Gasteiger partial charge in [-0.15, -0.1) is 0 Å². The Kier molecular flexibility index (Phi) is 6.29. The molecule has 1 aliphatic heterocycles. The van der Waals surface area contributed by atoms with Crippen LogP contribution in [0.3, 0.4) is 0 Å². The van der Waals surface area contributed by atoms with Gasteiger partial charge in [-0.2, -0.15) is 5.26 Å². The van der Waals surface area contributed by atoms with Crippen LogP contribution in [-0.2, 0) is 5.54 Å². The van der Waals surface area contributed by atoms with Gasteiger partial charge in [0.05, 0.1) is 17.0 Å². The summed E-state index contributed by atoms with van der Waals surface area (Å²) in [6.07, 6.45) is 7.95. The molecule has 1 saturated heterocycles. The lowest BCUT2D eigenvalue weighted by Crippen LogP contribution is -2.57. The molecule has 0 atom stereocenters. The molecule has 0 radical (unpaired) electrons.